The highest BCUT2D eigenvalue weighted by Gasteiger charge is 2.55. The van der Waals surface area contributed by atoms with Crippen molar-refractivity contribution in [1.82, 2.24) is 5.32 Å². The van der Waals surface area contributed by atoms with E-state index in [9.17, 15) is 35.1 Å². The first-order chi connectivity index (χ1) is 22.7. The summed E-state index contributed by atoms with van der Waals surface area (Å²) in [5.74, 6) is -1.92. The van der Waals surface area contributed by atoms with Gasteiger partial charge >= 0.3 is 5.97 Å². The van der Waals surface area contributed by atoms with Gasteiger partial charge in [-0.05, 0) is 34.9 Å². The van der Waals surface area contributed by atoms with Gasteiger partial charge in [0.25, 0.3) is 0 Å². The number of carbonyl (C=O) groups is 2. The van der Waals surface area contributed by atoms with E-state index >= 15 is 0 Å². The maximum atomic E-state index is 13.5. The molecular formula is C34H39NO12. The highest BCUT2D eigenvalue weighted by atomic mass is 16.8. The number of aliphatic hydroxyl groups is 5. The molecule has 0 bridgehead atoms. The van der Waals surface area contributed by atoms with Crippen LogP contribution in [0.15, 0.2) is 66.3 Å². The molecule has 0 radical (unpaired) electrons. The predicted octanol–water partition coefficient (Wildman–Crippen LogP) is -0.241. The summed E-state index contributed by atoms with van der Waals surface area (Å²) in [6, 6.07) is 14.7. The summed E-state index contributed by atoms with van der Waals surface area (Å²) in [4.78, 5) is 26.3. The molecule has 2 heterocycles. The standard InChI is InChI=1S/C34H39NO12/c36-11-10-35-31(41)23-14-24(30-25(15-23)46-34(47-30)16-21-7-1-2-8-22(21)17-34)44-32(42)20-9-3-5-19(13-20)6-4-12-43-33-29(40)28(39)27(38)26(18-37)45-33/h1-9,13,15,24-30,33,36-40H,10-12,14,16-18H2,(H,35,41). The Bertz CT molecular complexity index is 1480. The van der Waals surface area contributed by atoms with Crippen LogP contribution in [-0.4, -0.2) is 119 Å². The molecule has 8 atom stereocenters. The molecule has 4 aliphatic rings. The average Bonchev–Trinajstić information content (AvgIpc) is 3.63. The first-order valence-electron chi connectivity index (χ1n) is 15.6. The summed E-state index contributed by atoms with van der Waals surface area (Å²) in [5, 5.41) is 51.2. The van der Waals surface area contributed by atoms with Gasteiger partial charge in [0.2, 0.25) is 5.91 Å². The number of carbonyl (C=O) groups excluding carboxylic acids is 2. The van der Waals surface area contributed by atoms with Crippen LogP contribution >= 0.6 is 0 Å². The van der Waals surface area contributed by atoms with Crippen molar-refractivity contribution in [2.45, 2.75) is 74.1 Å². The quantitative estimate of drug-likeness (QED) is 0.185. The van der Waals surface area contributed by atoms with Crippen LogP contribution in [0.1, 0.15) is 33.5 Å². The van der Waals surface area contributed by atoms with Crippen molar-refractivity contribution in [2.24, 2.45) is 0 Å². The van der Waals surface area contributed by atoms with Crippen molar-refractivity contribution < 1.29 is 58.8 Å². The lowest BCUT2D eigenvalue weighted by molar-refractivity contribution is -0.298. The number of ether oxygens (including phenoxy) is 5. The van der Waals surface area contributed by atoms with E-state index < -0.39 is 67.4 Å². The van der Waals surface area contributed by atoms with Crippen LogP contribution < -0.4 is 5.32 Å². The summed E-state index contributed by atoms with van der Waals surface area (Å²) in [6.07, 6.45) is -2.77. The van der Waals surface area contributed by atoms with Crippen LogP contribution in [0, 0.1) is 0 Å². The summed E-state index contributed by atoms with van der Waals surface area (Å²) in [6.45, 7) is -0.734. The Balaban J connectivity index is 1.11. The van der Waals surface area contributed by atoms with E-state index in [1.807, 2.05) is 24.3 Å². The van der Waals surface area contributed by atoms with Crippen molar-refractivity contribution in [1.29, 1.82) is 0 Å². The summed E-state index contributed by atoms with van der Waals surface area (Å²) in [7, 11) is 0. The lowest BCUT2D eigenvalue weighted by Gasteiger charge is -2.39. The number of hydrogen-bond donors (Lipinski definition) is 6. The first-order valence-corrected chi connectivity index (χ1v) is 15.6. The number of aliphatic hydroxyl groups excluding tert-OH is 5. The van der Waals surface area contributed by atoms with Crippen LogP contribution in [0.2, 0.25) is 0 Å². The van der Waals surface area contributed by atoms with E-state index in [2.05, 4.69) is 5.32 Å². The summed E-state index contributed by atoms with van der Waals surface area (Å²) in [5.41, 5.74) is 3.53. The Morgan fingerprint density at radius 1 is 0.979 bits per heavy atom. The van der Waals surface area contributed by atoms with Gasteiger partial charge in [-0.15, -0.1) is 0 Å². The zero-order valence-electron chi connectivity index (χ0n) is 25.5. The molecule has 2 aromatic carbocycles. The van der Waals surface area contributed by atoms with E-state index in [0.29, 0.717) is 24.0 Å². The largest absolute Gasteiger partial charge is 0.456 e. The fourth-order valence-corrected chi connectivity index (χ4v) is 6.46. The molecule has 8 unspecified atom stereocenters. The van der Waals surface area contributed by atoms with Crippen LogP contribution in [0.25, 0.3) is 6.08 Å². The van der Waals surface area contributed by atoms with Crippen LogP contribution in [0.5, 0.6) is 0 Å². The lowest BCUT2D eigenvalue weighted by atomic mass is 9.91. The maximum Gasteiger partial charge on any atom is 0.338 e. The van der Waals surface area contributed by atoms with Gasteiger partial charge < -0.3 is 54.5 Å². The molecule has 1 amide bonds. The van der Waals surface area contributed by atoms with Crippen molar-refractivity contribution >= 4 is 18.0 Å². The maximum absolute atomic E-state index is 13.5. The molecule has 6 rings (SSSR count). The second-order valence-electron chi connectivity index (χ2n) is 12.1. The van der Waals surface area contributed by atoms with Crippen molar-refractivity contribution in [3.05, 3.63) is 88.5 Å². The third-order valence-electron chi connectivity index (χ3n) is 8.80. The first kappa shape index (κ1) is 33.4. The monoisotopic (exact) mass is 653 g/mol. The van der Waals surface area contributed by atoms with Gasteiger partial charge in [0.05, 0.1) is 25.4 Å². The lowest BCUT2D eigenvalue weighted by Crippen LogP contribution is -2.59. The van der Waals surface area contributed by atoms with E-state index in [1.54, 1.807) is 42.5 Å². The summed E-state index contributed by atoms with van der Waals surface area (Å²) >= 11 is 0. The second-order valence-corrected chi connectivity index (χ2v) is 12.1. The molecule has 13 nitrogen and oxygen atoms in total. The van der Waals surface area contributed by atoms with Crippen LogP contribution in [0.3, 0.4) is 0 Å². The number of esters is 1. The third-order valence-corrected chi connectivity index (χ3v) is 8.80. The molecule has 2 saturated heterocycles. The van der Waals surface area contributed by atoms with E-state index in [-0.39, 0.29) is 37.6 Å². The smallest absolute Gasteiger partial charge is 0.338 e. The van der Waals surface area contributed by atoms with Gasteiger partial charge in [-0.2, -0.15) is 0 Å². The van der Waals surface area contributed by atoms with Gasteiger partial charge in [-0.1, -0.05) is 48.6 Å². The van der Waals surface area contributed by atoms with Crippen LogP contribution in [-0.2, 0) is 41.3 Å². The molecule has 252 valence electrons. The molecule has 13 heteroatoms. The second kappa shape index (κ2) is 14.3. The molecule has 2 aromatic rings. The van der Waals surface area contributed by atoms with E-state index in [0.717, 1.165) is 11.1 Å². The van der Waals surface area contributed by atoms with Crippen molar-refractivity contribution in [2.75, 3.05) is 26.4 Å². The fourth-order valence-electron chi connectivity index (χ4n) is 6.46. The summed E-state index contributed by atoms with van der Waals surface area (Å²) < 4.78 is 29.8. The molecular weight excluding hydrogens is 614 g/mol. The van der Waals surface area contributed by atoms with Crippen molar-refractivity contribution in [3.8, 4) is 0 Å². The number of rotatable bonds is 10. The van der Waals surface area contributed by atoms with Gasteiger partial charge in [0, 0.05) is 31.4 Å². The molecule has 0 saturated carbocycles. The van der Waals surface area contributed by atoms with Crippen molar-refractivity contribution in [3.63, 3.8) is 0 Å². The van der Waals surface area contributed by atoms with Gasteiger partial charge in [0.1, 0.15) is 42.7 Å². The number of fused-ring (bicyclic) bond motifs is 2. The Morgan fingerprint density at radius 3 is 2.47 bits per heavy atom. The Morgan fingerprint density at radius 2 is 1.74 bits per heavy atom. The molecule has 2 aliphatic heterocycles. The number of benzene rings is 2. The minimum Gasteiger partial charge on any atom is -0.456 e. The average molecular weight is 654 g/mol. The third kappa shape index (κ3) is 7.18. The zero-order chi connectivity index (χ0) is 33.1. The zero-order valence-corrected chi connectivity index (χ0v) is 25.5. The Kier molecular flexibility index (Phi) is 10.2. The van der Waals surface area contributed by atoms with E-state index in [1.165, 1.54) is 0 Å². The Labute approximate surface area is 271 Å². The topological polar surface area (TPSA) is 193 Å². The molecule has 47 heavy (non-hydrogen) atoms. The minimum atomic E-state index is -1.54. The van der Waals surface area contributed by atoms with Gasteiger partial charge in [0.15, 0.2) is 12.1 Å². The molecule has 2 aliphatic carbocycles. The molecule has 6 N–H and O–H groups in total. The predicted molar refractivity (Wildman–Crippen MR) is 164 cm³/mol. The minimum absolute atomic E-state index is 0.0427. The molecule has 1 spiro atoms. The normalized spacial score (nSPS) is 31.0. The Hall–Kier alpha value is -3.50. The van der Waals surface area contributed by atoms with E-state index in [4.69, 9.17) is 23.7 Å². The van der Waals surface area contributed by atoms with Crippen LogP contribution in [0.4, 0.5) is 0 Å². The highest BCUT2D eigenvalue weighted by molar-refractivity contribution is 5.94. The highest BCUT2D eigenvalue weighted by Crippen LogP contribution is 2.45. The van der Waals surface area contributed by atoms with Gasteiger partial charge in [-0.25, -0.2) is 4.79 Å². The fraction of sp³-hybridized carbons (Fsp3) is 0.471. The number of nitrogens with one attached hydrogen (secondary N) is 1. The SMILES string of the molecule is O=C(NCCO)C1=CC2OC3(Cc4ccccc4C3)OC2C(OC(=O)c2cccc(C=CCOC3OC(CO)C(O)C(O)C3O)c2)C1. The number of amides is 1. The van der Waals surface area contributed by atoms with Gasteiger partial charge in [-0.3, -0.25) is 4.79 Å². The number of hydrogen-bond acceptors (Lipinski definition) is 12. The molecule has 0 aromatic heterocycles. The molecule has 2 fully saturated rings.